The number of halogens is 3. The summed E-state index contributed by atoms with van der Waals surface area (Å²) in [5.41, 5.74) is 0.896. The van der Waals surface area contributed by atoms with E-state index in [2.05, 4.69) is 4.98 Å². The average Bonchev–Trinajstić information content (AvgIpc) is 3.29. The fourth-order valence-corrected chi connectivity index (χ4v) is 2.28. The van der Waals surface area contributed by atoms with Gasteiger partial charge in [0.05, 0.1) is 12.2 Å². The first-order valence-electron chi connectivity index (χ1n) is 7.32. The van der Waals surface area contributed by atoms with Crippen LogP contribution in [0.25, 0.3) is 22.6 Å². The van der Waals surface area contributed by atoms with E-state index >= 15 is 0 Å². The Morgan fingerprint density at radius 3 is 2.54 bits per heavy atom. The Hall–Kier alpha value is -2.54. The highest BCUT2D eigenvalue weighted by Gasteiger charge is 2.30. The highest BCUT2D eigenvalue weighted by molar-refractivity contribution is 5.77. The summed E-state index contributed by atoms with van der Waals surface area (Å²) in [5, 5.41) is 0. The monoisotopic (exact) mass is 335 g/mol. The molecule has 1 unspecified atom stereocenters. The van der Waals surface area contributed by atoms with E-state index in [9.17, 15) is 13.2 Å². The lowest BCUT2D eigenvalue weighted by Crippen LogP contribution is -2.03. The molecule has 124 valence electrons. The Morgan fingerprint density at radius 2 is 1.88 bits per heavy atom. The lowest BCUT2D eigenvalue weighted by atomic mass is 10.1. The minimum atomic E-state index is -4.36. The van der Waals surface area contributed by atoms with Gasteiger partial charge in [-0.05, 0) is 36.4 Å². The number of hydrogen-bond acceptors (Lipinski definition) is 4. The van der Waals surface area contributed by atoms with Gasteiger partial charge in [-0.25, -0.2) is 4.98 Å². The molecular weight excluding hydrogens is 323 g/mol. The van der Waals surface area contributed by atoms with Crippen LogP contribution in [0.5, 0.6) is 5.75 Å². The maximum Gasteiger partial charge on any atom is 0.416 e. The number of fused-ring (bicyclic) bond motifs is 1. The van der Waals surface area contributed by atoms with Crippen LogP contribution in [0.2, 0.25) is 0 Å². The molecule has 0 amide bonds. The second kappa shape index (κ2) is 5.52. The summed E-state index contributed by atoms with van der Waals surface area (Å²) >= 11 is 0. The van der Waals surface area contributed by atoms with Gasteiger partial charge in [-0.15, -0.1) is 0 Å². The third-order valence-corrected chi connectivity index (χ3v) is 3.66. The summed E-state index contributed by atoms with van der Waals surface area (Å²) in [5.74, 6) is 0.909. The van der Waals surface area contributed by atoms with E-state index < -0.39 is 11.7 Å². The van der Waals surface area contributed by atoms with E-state index in [0.717, 1.165) is 12.1 Å². The van der Waals surface area contributed by atoms with Gasteiger partial charge in [-0.2, -0.15) is 13.2 Å². The van der Waals surface area contributed by atoms with Crippen LogP contribution in [0.1, 0.15) is 5.56 Å². The number of ether oxygens (including phenoxy) is 2. The van der Waals surface area contributed by atoms with Crippen molar-refractivity contribution in [3.8, 4) is 17.2 Å². The van der Waals surface area contributed by atoms with Gasteiger partial charge in [0, 0.05) is 11.6 Å². The number of epoxide rings is 1. The molecule has 2 aromatic carbocycles. The Kier molecular flexibility index (Phi) is 3.45. The molecule has 1 saturated heterocycles. The second-order valence-corrected chi connectivity index (χ2v) is 5.49. The summed E-state index contributed by atoms with van der Waals surface area (Å²) in [7, 11) is 0. The molecule has 1 atom stereocenters. The molecule has 7 heteroatoms. The van der Waals surface area contributed by atoms with Crippen LogP contribution in [0.3, 0.4) is 0 Å². The fraction of sp³-hybridized carbons (Fsp3) is 0.235. The second-order valence-electron chi connectivity index (χ2n) is 5.49. The highest BCUT2D eigenvalue weighted by atomic mass is 19.4. The van der Waals surface area contributed by atoms with Crippen molar-refractivity contribution in [3.63, 3.8) is 0 Å². The van der Waals surface area contributed by atoms with Crippen molar-refractivity contribution in [2.24, 2.45) is 0 Å². The van der Waals surface area contributed by atoms with Gasteiger partial charge < -0.3 is 13.9 Å². The van der Waals surface area contributed by atoms with E-state index in [-0.39, 0.29) is 12.0 Å². The molecule has 1 aromatic heterocycles. The zero-order valence-corrected chi connectivity index (χ0v) is 12.3. The van der Waals surface area contributed by atoms with Gasteiger partial charge >= 0.3 is 6.18 Å². The molecule has 1 aliphatic rings. The van der Waals surface area contributed by atoms with E-state index in [1.54, 1.807) is 18.2 Å². The van der Waals surface area contributed by atoms with Crippen LogP contribution in [-0.4, -0.2) is 24.3 Å². The van der Waals surface area contributed by atoms with Crippen molar-refractivity contribution in [1.29, 1.82) is 0 Å². The lowest BCUT2D eigenvalue weighted by molar-refractivity contribution is -0.137. The van der Waals surface area contributed by atoms with E-state index in [0.29, 0.717) is 35.6 Å². The Bertz CT molecular complexity index is 867. The molecule has 3 aromatic rings. The summed E-state index contributed by atoms with van der Waals surface area (Å²) in [6.45, 7) is 1.19. The van der Waals surface area contributed by atoms with E-state index in [1.807, 2.05) is 0 Å². The van der Waals surface area contributed by atoms with Crippen LogP contribution >= 0.6 is 0 Å². The third-order valence-electron chi connectivity index (χ3n) is 3.66. The Morgan fingerprint density at radius 1 is 1.12 bits per heavy atom. The Labute approximate surface area is 134 Å². The summed E-state index contributed by atoms with van der Waals surface area (Å²) < 4.78 is 54.1. The summed E-state index contributed by atoms with van der Waals surface area (Å²) in [6, 6.07) is 9.91. The summed E-state index contributed by atoms with van der Waals surface area (Å²) in [6.07, 6.45) is -4.21. The summed E-state index contributed by atoms with van der Waals surface area (Å²) in [4.78, 5) is 4.32. The average molecular weight is 335 g/mol. The van der Waals surface area contributed by atoms with E-state index in [4.69, 9.17) is 13.9 Å². The van der Waals surface area contributed by atoms with Crippen LogP contribution < -0.4 is 4.74 Å². The quantitative estimate of drug-likeness (QED) is 0.667. The standard InChI is InChI=1S/C17H12F3NO3/c18-17(19,20)11-3-1-10(2-4-11)16-21-14-7-12(5-6-15(14)24-16)22-8-13-9-23-13/h1-7,13H,8-9H2. The number of aromatic nitrogens is 1. The predicted molar refractivity (Wildman–Crippen MR) is 79.7 cm³/mol. The topological polar surface area (TPSA) is 47.8 Å². The van der Waals surface area contributed by atoms with Crippen molar-refractivity contribution in [3.05, 3.63) is 48.0 Å². The van der Waals surface area contributed by atoms with Crippen LogP contribution in [0.15, 0.2) is 46.9 Å². The van der Waals surface area contributed by atoms with Crippen molar-refractivity contribution in [2.75, 3.05) is 13.2 Å². The van der Waals surface area contributed by atoms with Gasteiger partial charge in [-0.3, -0.25) is 0 Å². The molecule has 0 radical (unpaired) electrons. The number of rotatable bonds is 4. The molecule has 0 saturated carbocycles. The minimum Gasteiger partial charge on any atom is -0.491 e. The molecule has 2 heterocycles. The molecule has 0 aliphatic carbocycles. The number of alkyl halides is 3. The molecule has 4 nitrogen and oxygen atoms in total. The van der Waals surface area contributed by atoms with Crippen molar-refractivity contribution < 1.29 is 27.1 Å². The SMILES string of the molecule is FC(F)(F)c1ccc(-c2nc3cc(OCC4CO4)ccc3o2)cc1. The van der Waals surface area contributed by atoms with Crippen LogP contribution in [0, 0.1) is 0 Å². The highest BCUT2D eigenvalue weighted by Crippen LogP contribution is 2.32. The lowest BCUT2D eigenvalue weighted by Gasteiger charge is -2.05. The molecule has 0 bridgehead atoms. The van der Waals surface area contributed by atoms with Crippen molar-refractivity contribution in [1.82, 2.24) is 4.98 Å². The van der Waals surface area contributed by atoms with Crippen molar-refractivity contribution >= 4 is 11.1 Å². The first-order valence-corrected chi connectivity index (χ1v) is 7.32. The predicted octanol–water partition coefficient (Wildman–Crippen LogP) is 4.29. The zero-order valence-electron chi connectivity index (χ0n) is 12.3. The van der Waals surface area contributed by atoms with Gasteiger partial charge in [0.15, 0.2) is 5.58 Å². The number of oxazole rings is 1. The molecule has 24 heavy (non-hydrogen) atoms. The molecule has 0 N–H and O–H groups in total. The first-order chi connectivity index (χ1) is 11.5. The minimum absolute atomic E-state index is 0.153. The van der Waals surface area contributed by atoms with Gasteiger partial charge in [0.1, 0.15) is 24.0 Å². The largest absolute Gasteiger partial charge is 0.491 e. The molecular formula is C17H12F3NO3. The maximum atomic E-state index is 12.6. The smallest absolute Gasteiger partial charge is 0.416 e. The maximum absolute atomic E-state index is 12.6. The van der Waals surface area contributed by atoms with Gasteiger partial charge in [0.25, 0.3) is 0 Å². The fourth-order valence-electron chi connectivity index (χ4n) is 2.28. The van der Waals surface area contributed by atoms with E-state index in [1.165, 1.54) is 12.1 Å². The number of nitrogens with zero attached hydrogens (tertiary/aromatic N) is 1. The molecule has 1 aliphatic heterocycles. The van der Waals surface area contributed by atoms with Crippen LogP contribution in [0.4, 0.5) is 13.2 Å². The van der Waals surface area contributed by atoms with Crippen molar-refractivity contribution in [2.45, 2.75) is 12.3 Å². The molecule has 4 rings (SSSR count). The third kappa shape index (κ3) is 3.07. The van der Waals surface area contributed by atoms with Gasteiger partial charge in [-0.1, -0.05) is 0 Å². The van der Waals surface area contributed by atoms with Crippen LogP contribution in [-0.2, 0) is 10.9 Å². The number of benzene rings is 2. The zero-order chi connectivity index (χ0) is 16.7. The normalized spacial score (nSPS) is 17.2. The number of hydrogen-bond donors (Lipinski definition) is 0. The molecule has 1 fully saturated rings. The van der Waals surface area contributed by atoms with Gasteiger partial charge in [0.2, 0.25) is 5.89 Å². The Balaban J connectivity index is 1.59. The molecule has 0 spiro atoms. The first kappa shape index (κ1) is 15.0.